The molecular weight excluding hydrogens is 482 g/mol. The summed E-state index contributed by atoms with van der Waals surface area (Å²) in [4.78, 5) is 32.6. The summed E-state index contributed by atoms with van der Waals surface area (Å²) in [7, 11) is 3.64. The van der Waals surface area contributed by atoms with Crippen LogP contribution in [-0.4, -0.2) is 62.9 Å². The summed E-state index contributed by atoms with van der Waals surface area (Å²) in [6, 6.07) is 14.2. The maximum Gasteiger partial charge on any atom is 0.407 e. The maximum atomic E-state index is 13.8. The summed E-state index contributed by atoms with van der Waals surface area (Å²) < 4.78 is 15.8. The zero-order chi connectivity index (χ0) is 25.7. The Hall–Kier alpha value is -4.01. The second-order valence-electron chi connectivity index (χ2n) is 11.2. The van der Waals surface area contributed by atoms with Crippen LogP contribution in [0.4, 0.5) is 4.79 Å². The van der Waals surface area contributed by atoms with E-state index in [1.165, 1.54) is 23.7 Å². The number of hydrogen-bond donors (Lipinski definition) is 1. The number of carbonyl (C=O) groups is 2. The number of rotatable bonds is 5. The fraction of sp³-hybridized carbons (Fsp3) is 0.414. The number of piperidine rings is 1. The minimum absolute atomic E-state index is 0.0364. The lowest BCUT2D eigenvalue weighted by Gasteiger charge is -2.35. The third-order valence-electron chi connectivity index (χ3n) is 8.97. The number of carbonyl (C=O) groups excluding carboxylic acids is 2. The van der Waals surface area contributed by atoms with Gasteiger partial charge >= 0.3 is 6.09 Å². The van der Waals surface area contributed by atoms with Gasteiger partial charge in [0.1, 0.15) is 17.4 Å². The van der Waals surface area contributed by atoms with Gasteiger partial charge in [0.05, 0.1) is 30.4 Å². The molecule has 194 valence electrons. The van der Waals surface area contributed by atoms with Gasteiger partial charge in [-0.15, -0.1) is 0 Å². The SMILES string of the molecule is COc1cc(C(=O)N2C[C@H]3C[C@@H]4OC(=O)N[C@H]3[C@@H]42)cc2nc(-c3cc4ccccc4n3CC3CC3)n(C)c12. The number of likely N-dealkylation sites (tertiary alicyclic amines) is 1. The van der Waals surface area contributed by atoms with Crippen molar-refractivity contribution in [2.45, 2.75) is 44.0 Å². The molecule has 4 heterocycles. The highest BCUT2D eigenvalue weighted by Gasteiger charge is 2.59. The Kier molecular flexibility index (Phi) is 4.49. The summed E-state index contributed by atoms with van der Waals surface area (Å²) in [5, 5.41) is 4.12. The highest BCUT2D eigenvalue weighted by molar-refractivity contribution is 6.00. The summed E-state index contributed by atoms with van der Waals surface area (Å²) in [5.74, 6) is 2.32. The highest BCUT2D eigenvalue weighted by atomic mass is 16.6. The molecule has 2 aliphatic heterocycles. The molecule has 4 fully saturated rings. The van der Waals surface area contributed by atoms with Gasteiger partial charge in [0.15, 0.2) is 5.82 Å². The maximum absolute atomic E-state index is 13.8. The number of para-hydroxylation sites is 1. The zero-order valence-corrected chi connectivity index (χ0v) is 21.4. The van der Waals surface area contributed by atoms with E-state index in [0.717, 1.165) is 35.5 Å². The van der Waals surface area contributed by atoms with Crippen LogP contribution in [0.5, 0.6) is 5.75 Å². The van der Waals surface area contributed by atoms with Crippen LogP contribution >= 0.6 is 0 Å². The van der Waals surface area contributed by atoms with Crippen molar-refractivity contribution < 1.29 is 19.1 Å². The van der Waals surface area contributed by atoms with Crippen molar-refractivity contribution in [2.24, 2.45) is 18.9 Å². The number of imidazole rings is 1. The minimum atomic E-state index is -0.378. The van der Waals surface area contributed by atoms with Crippen molar-refractivity contribution in [2.75, 3.05) is 13.7 Å². The number of aromatic nitrogens is 3. The van der Waals surface area contributed by atoms with E-state index in [-0.39, 0.29) is 36.1 Å². The van der Waals surface area contributed by atoms with Crippen molar-refractivity contribution in [3.05, 3.63) is 48.0 Å². The molecular formula is C29H29N5O4. The molecule has 4 aliphatic rings. The number of alkyl carbamates (subject to hydrolysis) is 1. The lowest BCUT2D eigenvalue weighted by molar-refractivity contribution is 0.0145. The molecule has 0 unspecified atom stereocenters. The Bertz CT molecular complexity index is 1650. The first kappa shape index (κ1) is 22.0. The molecule has 2 saturated carbocycles. The van der Waals surface area contributed by atoms with Gasteiger partial charge in [0.25, 0.3) is 5.91 Å². The first-order chi connectivity index (χ1) is 18.5. The van der Waals surface area contributed by atoms with E-state index in [1.807, 2.05) is 24.1 Å². The van der Waals surface area contributed by atoms with Crippen LogP contribution < -0.4 is 10.1 Å². The average molecular weight is 512 g/mol. The zero-order valence-electron chi connectivity index (χ0n) is 21.4. The van der Waals surface area contributed by atoms with Crippen LogP contribution in [0.15, 0.2) is 42.5 Å². The summed E-state index contributed by atoms with van der Waals surface area (Å²) in [6.07, 6.45) is 2.72. The highest BCUT2D eigenvalue weighted by Crippen LogP contribution is 2.43. The minimum Gasteiger partial charge on any atom is -0.494 e. The van der Waals surface area contributed by atoms with Gasteiger partial charge < -0.3 is 28.8 Å². The molecule has 2 amide bonds. The Morgan fingerprint density at radius 2 is 2.05 bits per heavy atom. The molecule has 2 aromatic carbocycles. The number of fused-ring (bicyclic) bond motifs is 2. The fourth-order valence-electron chi connectivity index (χ4n) is 7.03. The lowest BCUT2D eigenvalue weighted by atomic mass is 10.1. The fourth-order valence-corrected chi connectivity index (χ4v) is 7.03. The van der Waals surface area contributed by atoms with Crippen LogP contribution in [0.1, 0.15) is 29.6 Å². The molecule has 4 aromatic rings. The van der Waals surface area contributed by atoms with Crippen LogP contribution in [0, 0.1) is 11.8 Å². The molecule has 4 bridgehead atoms. The second-order valence-corrected chi connectivity index (χ2v) is 11.2. The van der Waals surface area contributed by atoms with Crippen molar-refractivity contribution in [3.63, 3.8) is 0 Å². The molecule has 0 spiro atoms. The summed E-state index contributed by atoms with van der Waals surface area (Å²) in [5.41, 5.74) is 4.41. The van der Waals surface area contributed by atoms with E-state index < -0.39 is 0 Å². The van der Waals surface area contributed by atoms with E-state index in [9.17, 15) is 9.59 Å². The van der Waals surface area contributed by atoms with Gasteiger partial charge in [-0.3, -0.25) is 4.79 Å². The van der Waals surface area contributed by atoms with Gasteiger partial charge in [0.2, 0.25) is 0 Å². The quantitative estimate of drug-likeness (QED) is 0.439. The van der Waals surface area contributed by atoms with Crippen molar-refractivity contribution in [1.82, 2.24) is 24.3 Å². The topological polar surface area (TPSA) is 90.6 Å². The Morgan fingerprint density at radius 1 is 1.21 bits per heavy atom. The predicted octanol–water partition coefficient (Wildman–Crippen LogP) is 3.93. The third kappa shape index (κ3) is 3.07. The van der Waals surface area contributed by atoms with Crippen LogP contribution in [0.25, 0.3) is 33.5 Å². The normalized spacial score (nSPS) is 25.7. The molecule has 2 aromatic heterocycles. The Labute approximate surface area is 219 Å². The molecule has 0 radical (unpaired) electrons. The number of aryl methyl sites for hydroxylation is 1. The number of methoxy groups -OCH3 is 1. The van der Waals surface area contributed by atoms with Gasteiger partial charge in [-0.25, -0.2) is 9.78 Å². The van der Waals surface area contributed by atoms with E-state index in [0.29, 0.717) is 23.8 Å². The van der Waals surface area contributed by atoms with Gasteiger partial charge in [-0.2, -0.15) is 0 Å². The predicted molar refractivity (Wildman–Crippen MR) is 141 cm³/mol. The molecule has 2 aliphatic carbocycles. The Balaban J connectivity index is 1.21. The lowest BCUT2D eigenvalue weighted by Crippen LogP contribution is -2.56. The van der Waals surface area contributed by atoms with Crippen molar-refractivity contribution >= 4 is 33.9 Å². The van der Waals surface area contributed by atoms with E-state index >= 15 is 0 Å². The van der Waals surface area contributed by atoms with E-state index in [2.05, 4.69) is 44.8 Å². The van der Waals surface area contributed by atoms with E-state index in [4.69, 9.17) is 14.5 Å². The van der Waals surface area contributed by atoms with Crippen LogP contribution in [-0.2, 0) is 18.3 Å². The van der Waals surface area contributed by atoms with Crippen molar-refractivity contribution in [3.8, 4) is 17.3 Å². The largest absolute Gasteiger partial charge is 0.494 e. The first-order valence-corrected chi connectivity index (χ1v) is 13.4. The van der Waals surface area contributed by atoms with Gasteiger partial charge in [0, 0.05) is 42.5 Å². The number of benzene rings is 2. The molecule has 38 heavy (non-hydrogen) atoms. The average Bonchev–Trinajstić information content (AvgIpc) is 3.38. The molecule has 2 saturated heterocycles. The summed E-state index contributed by atoms with van der Waals surface area (Å²) in [6.45, 7) is 1.59. The Morgan fingerprint density at radius 3 is 2.84 bits per heavy atom. The first-order valence-electron chi connectivity index (χ1n) is 13.4. The number of ether oxygens (including phenoxy) is 2. The molecule has 1 N–H and O–H groups in total. The second kappa shape index (κ2) is 7.75. The van der Waals surface area contributed by atoms with Gasteiger partial charge in [-0.1, -0.05) is 18.2 Å². The smallest absolute Gasteiger partial charge is 0.407 e. The number of amides is 2. The third-order valence-corrected chi connectivity index (χ3v) is 8.97. The van der Waals surface area contributed by atoms with Crippen LogP contribution in [0.2, 0.25) is 0 Å². The van der Waals surface area contributed by atoms with E-state index in [1.54, 1.807) is 7.11 Å². The molecule has 4 atom stereocenters. The van der Waals surface area contributed by atoms with Crippen molar-refractivity contribution in [1.29, 1.82) is 0 Å². The number of nitrogens with one attached hydrogen (secondary N) is 1. The van der Waals surface area contributed by atoms with Gasteiger partial charge in [-0.05, 0) is 49.4 Å². The summed E-state index contributed by atoms with van der Waals surface area (Å²) >= 11 is 0. The molecule has 8 rings (SSSR count). The monoisotopic (exact) mass is 511 g/mol. The standard InChI is InChI=1S/C29H29N5O4/c1-32-25-19(30-27(32)21-10-16-5-3-4-6-20(16)33(21)13-15-7-8-15)9-17(11-22(25)37-2)28(35)34-14-18-12-23-26(34)24(18)31-29(36)38-23/h3-6,9-11,15,18,23-24,26H,7-8,12-14H2,1-2H3,(H,31,36)/t18-,23+,24-,26-/m1/s1. The van der Waals surface area contributed by atoms with Crippen LogP contribution in [0.3, 0.4) is 0 Å². The molecule has 9 nitrogen and oxygen atoms in total. The number of nitrogens with zero attached hydrogens (tertiary/aromatic N) is 4. The number of hydrogen-bond acceptors (Lipinski definition) is 5. The molecule has 9 heteroatoms.